The zero-order chi connectivity index (χ0) is 9.19. The lowest BCUT2D eigenvalue weighted by Crippen LogP contribution is -2.47. The Morgan fingerprint density at radius 3 is 2.75 bits per heavy atom. The standard InChI is InChI=1S/C10H19NO/c1-8(2)6-10(12)4-5-11-7-9(10)3/h6,9,11-12H,4-5,7H2,1-3H3. The van der Waals surface area contributed by atoms with Gasteiger partial charge in [-0.3, -0.25) is 0 Å². The fourth-order valence-electron chi connectivity index (χ4n) is 1.74. The van der Waals surface area contributed by atoms with E-state index in [4.69, 9.17) is 0 Å². The van der Waals surface area contributed by atoms with Gasteiger partial charge in [-0.1, -0.05) is 18.6 Å². The number of allylic oxidation sites excluding steroid dienone is 1. The van der Waals surface area contributed by atoms with E-state index in [1.54, 1.807) is 0 Å². The monoisotopic (exact) mass is 169 g/mol. The third kappa shape index (κ3) is 2.08. The van der Waals surface area contributed by atoms with Crippen molar-refractivity contribution >= 4 is 0 Å². The van der Waals surface area contributed by atoms with Crippen LogP contribution in [0.25, 0.3) is 0 Å². The molecule has 1 rings (SSSR count). The third-order valence-corrected chi connectivity index (χ3v) is 2.54. The molecule has 0 spiro atoms. The molecule has 0 aromatic heterocycles. The molecule has 0 radical (unpaired) electrons. The number of rotatable bonds is 1. The third-order valence-electron chi connectivity index (χ3n) is 2.54. The zero-order valence-electron chi connectivity index (χ0n) is 8.22. The predicted molar refractivity (Wildman–Crippen MR) is 51.0 cm³/mol. The summed E-state index contributed by atoms with van der Waals surface area (Å²) in [6.07, 6.45) is 2.83. The molecule has 2 unspecified atom stereocenters. The van der Waals surface area contributed by atoms with Gasteiger partial charge in [0, 0.05) is 12.5 Å². The van der Waals surface area contributed by atoms with Crippen LogP contribution >= 0.6 is 0 Å². The van der Waals surface area contributed by atoms with Gasteiger partial charge in [-0.05, 0) is 26.8 Å². The maximum absolute atomic E-state index is 10.2. The van der Waals surface area contributed by atoms with Gasteiger partial charge in [0.05, 0.1) is 5.60 Å². The summed E-state index contributed by atoms with van der Waals surface area (Å²) in [5, 5.41) is 13.5. The van der Waals surface area contributed by atoms with Gasteiger partial charge < -0.3 is 10.4 Å². The Bertz CT molecular complexity index is 184. The van der Waals surface area contributed by atoms with E-state index >= 15 is 0 Å². The molecule has 0 bridgehead atoms. The van der Waals surface area contributed by atoms with Crippen molar-refractivity contribution in [3.63, 3.8) is 0 Å². The van der Waals surface area contributed by atoms with Crippen molar-refractivity contribution in [2.45, 2.75) is 32.8 Å². The molecule has 70 valence electrons. The van der Waals surface area contributed by atoms with Gasteiger partial charge in [-0.15, -0.1) is 0 Å². The molecule has 2 nitrogen and oxygen atoms in total. The van der Waals surface area contributed by atoms with E-state index in [0.29, 0.717) is 5.92 Å². The molecule has 0 aliphatic carbocycles. The summed E-state index contributed by atoms with van der Waals surface area (Å²) in [5.74, 6) is 0.321. The molecule has 0 aromatic carbocycles. The first-order valence-corrected chi connectivity index (χ1v) is 4.64. The highest BCUT2D eigenvalue weighted by Gasteiger charge is 2.33. The van der Waals surface area contributed by atoms with E-state index in [1.165, 1.54) is 5.57 Å². The van der Waals surface area contributed by atoms with Gasteiger partial charge in [0.1, 0.15) is 0 Å². The van der Waals surface area contributed by atoms with E-state index in [9.17, 15) is 5.11 Å². The highest BCUT2D eigenvalue weighted by atomic mass is 16.3. The maximum atomic E-state index is 10.2. The lowest BCUT2D eigenvalue weighted by molar-refractivity contribution is 0.0110. The average molecular weight is 169 g/mol. The van der Waals surface area contributed by atoms with Crippen molar-refractivity contribution in [2.24, 2.45) is 5.92 Å². The maximum Gasteiger partial charge on any atom is 0.0879 e. The molecule has 2 heteroatoms. The van der Waals surface area contributed by atoms with Gasteiger partial charge >= 0.3 is 0 Å². The van der Waals surface area contributed by atoms with Gasteiger partial charge in [-0.25, -0.2) is 0 Å². The van der Waals surface area contributed by atoms with Crippen LogP contribution in [0, 0.1) is 5.92 Å². The number of aliphatic hydroxyl groups is 1. The summed E-state index contributed by atoms with van der Waals surface area (Å²) < 4.78 is 0. The second kappa shape index (κ2) is 3.58. The highest BCUT2D eigenvalue weighted by molar-refractivity contribution is 5.10. The first kappa shape index (κ1) is 9.75. The lowest BCUT2D eigenvalue weighted by atomic mass is 9.82. The molecular formula is C10H19NO. The van der Waals surface area contributed by atoms with E-state index in [0.717, 1.165) is 19.5 Å². The smallest absolute Gasteiger partial charge is 0.0879 e. The Kier molecular flexibility index (Phi) is 2.91. The summed E-state index contributed by atoms with van der Waals surface area (Å²) in [6, 6.07) is 0. The van der Waals surface area contributed by atoms with Crippen LogP contribution in [0.5, 0.6) is 0 Å². The molecule has 2 atom stereocenters. The lowest BCUT2D eigenvalue weighted by Gasteiger charge is -2.36. The molecule has 0 aromatic rings. The Morgan fingerprint density at radius 2 is 2.25 bits per heavy atom. The molecule has 1 aliphatic rings. The highest BCUT2D eigenvalue weighted by Crippen LogP contribution is 2.26. The van der Waals surface area contributed by atoms with Crippen LogP contribution in [0.2, 0.25) is 0 Å². The molecule has 2 N–H and O–H groups in total. The molecular weight excluding hydrogens is 150 g/mol. The number of hydrogen-bond acceptors (Lipinski definition) is 2. The number of hydrogen-bond donors (Lipinski definition) is 2. The fraction of sp³-hybridized carbons (Fsp3) is 0.800. The van der Waals surface area contributed by atoms with Crippen molar-refractivity contribution in [3.8, 4) is 0 Å². The van der Waals surface area contributed by atoms with Crippen molar-refractivity contribution < 1.29 is 5.11 Å². The van der Waals surface area contributed by atoms with Crippen LogP contribution in [0.15, 0.2) is 11.6 Å². The Hall–Kier alpha value is -0.340. The zero-order valence-corrected chi connectivity index (χ0v) is 8.22. The first-order chi connectivity index (χ1) is 5.54. The fourth-order valence-corrected chi connectivity index (χ4v) is 1.74. The van der Waals surface area contributed by atoms with Gasteiger partial charge in [-0.2, -0.15) is 0 Å². The quantitative estimate of drug-likeness (QED) is 0.580. The van der Waals surface area contributed by atoms with E-state index in [1.807, 2.05) is 19.9 Å². The van der Waals surface area contributed by atoms with Crippen molar-refractivity contribution in [2.75, 3.05) is 13.1 Å². The summed E-state index contributed by atoms with van der Waals surface area (Å²) in [6.45, 7) is 8.00. The summed E-state index contributed by atoms with van der Waals surface area (Å²) in [5.41, 5.74) is 0.635. The molecule has 0 amide bonds. The van der Waals surface area contributed by atoms with Crippen LogP contribution in [-0.4, -0.2) is 23.8 Å². The summed E-state index contributed by atoms with van der Waals surface area (Å²) in [4.78, 5) is 0. The minimum Gasteiger partial charge on any atom is -0.385 e. The molecule has 1 saturated heterocycles. The van der Waals surface area contributed by atoms with E-state index in [-0.39, 0.29) is 0 Å². The topological polar surface area (TPSA) is 32.3 Å². The molecule has 12 heavy (non-hydrogen) atoms. The van der Waals surface area contributed by atoms with Crippen LogP contribution in [-0.2, 0) is 0 Å². The van der Waals surface area contributed by atoms with Crippen molar-refractivity contribution in [3.05, 3.63) is 11.6 Å². The van der Waals surface area contributed by atoms with Crippen LogP contribution in [0.1, 0.15) is 27.2 Å². The normalized spacial score (nSPS) is 36.2. The van der Waals surface area contributed by atoms with Gasteiger partial charge in [0.2, 0.25) is 0 Å². The minimum atomic E-state index is -0.565. The van der Waals surface area contributed by atoms with Gasteiger partial charge in [0.15, 0.2) is 0 Å². The van der Waals surface area contributed by atoms with Crippen LogP contribution < -0.4 is 5.32 Å². The van der Waals surface area contributed by atoms with Crippen molar-refractivity contribution in [1.82, 2.24) is 5.32 Å². The molecule has 1 aliphatic heterocycles. The van der Waals surface area contributed by atoms with E-state index < -0.39 is 5.60 Å². The number of nitrogens with one attached hydrogen (secondary N) is 1. The second-order valence-corrected chi connectivity index (χ2v) is 4.07. The molecule has 1 fully saturated rings. The van der Waals surface area contributed by atoms with Crippen LogP contribution in [0.3, 0.4) is 0 Å². The van der Waals surface area contributed by atoms with Crippen molar-refractivity contribution in [1.29, 1.82) is 0 Å². The van der Waals surface area contributed by atoms with E-state index in [2.05, 4.69) is 12.2 Å². The predicted octanol–water partition coefficient (Wildman–Crippen LogP) is 1.31. The summed E-state index contributed by atoms with van der Waals surface area (Å²) >= 11 is 0. The SMILES string of the molecule is CC(C)=CC1(O)CCNCC1C. The largest absolute Gasteiger partial charge is 0.385 e. The Labute approximate surface area is 74.7 Å². The minimum absolute atomic E-state index is 0.321. The molecule has 0 saturated carbocycles. The average Bonchev–Trinajstić information content (AvgIpc) is 1.94. The Morgan fingerprint density at radius 1 is 1.58 bits per heavy atom. The second-order valence-electron chi connectivity index (χ2n) is 4.07. The Balaban J connectivity index is 2.72. The molecule has 1 heterocycles. The summed E-state index contributed by atoms with van der Waals surface area (Å²) in [7, 11) is 0. The van der Waals surface area contributed by atoms with Gasteiger partial charge in [0.25, 0.3) is 0 Å². The van der Waals surface area contributed by atoms with Crippen LogP contribution in [0.4, 0.5) is 0 Å². The first-order valence-electron chi connectivity index (χ1n) is 4.64. The number of piperidine rings is 1.